The number of ether oxygens (including phenoxy) is 1. The molecule has 1 aromatic carbocycles. The van der Waals surface area contributed by atoms with Crippen molar-refractivity contribution in [3.05, 3.63) is 35.4 Å². The molecular weight excluding hydrogens is 188 g/mol. The Balaban J connectivity index is 2.03. The number of benzene rings is 1. The molecule has 82 valence electrons. The predicted octanol–water partition coefficient (Wildman–Crippen LogP) is 2.46. The molecule has 1 heterocycles. The molecule has 1 aromatic rings. The van der Waals surface area contributed by atoms with Crippen LogP contribution in [0.15, 0.2) is 24.3 Å². The van der Waals surface area contributed by atoms with Crippen molar-refractivity contribution in [3.63, 3.8) is 0 Å². The fourth-order valence-electron chi connectivity index (χ4n) is 2.05. The first-order chi connectivity index (χ1) is 7.25. The summed E-state index contributed by atoms with van der Waals surface area (Å²) < 4.78 is 5.61. The first-order valence-corrected chi connectivity index (χ1v) is 5.64. The van der Waals surface area contributed by atoms with E-state index < -0.39 is 0 Å². The van der Waals surface area contributed by atoms with Crippen LogP contribution in [0, 0.1) is 0 Å². The lowest BCUT2D eigenvalue weighted by Gasteiger charge is -2.11. The molecule has 1 saturated heterocycles. The van der Waals surface area contributed by atoms with Crippen LogP contribution in [-0.2, 0) is 11.2 Å². The average Bonchev–Trinajstić information content (AvgIpc) is 2.71. The van der Waals surface area contributed by atoms with Crippen LogP contribution in [0.25, 0.3) is 0 Å². The third kappa shape index (κ3) is 2.80. The molecule has 0 bridgehead atoms. The minimum absolute atomic E-state index is 0.265. The zero-order valence-electron chi connectivity index (χ0n) is 9.15. The van der Waals surface area contributed by atoms with E-state index in [1.54, 1.807) is 0 Å². The summed E-state index contributed by atoms with van der Waals surface area (Å²) >= 11 is 0. The van der Waals surface area contributed by atoms with E-state index in [1.165, 1.54) is 17.5 Å². The summed E-state index contributed by atoms with van der Waals surface area (Å²) in [7, 11) is 0. The van der Waals surface area contributed by atoms with Crippen molar-refractivity contribution in [2.24, 2.45) is 0 Å². The Morgan fingerprint density at radius 3 is 2.67 bits per heavy atom. The molecule has 1 aliphatic heterocycles. The van der Waals surface area contributed by atoms with Gasteiger partial charge < -0.3 is 9.84 Å². The van der Waals surface area contributed by atoms with Crippen LogP contribution in [-0.4, -0.2) is 17.8 Å². The van der Waals surface area contributed by atoms with Gasteiger partial charge in [0.1, 0.15) is 0 Å². The summed E-state index contributed by atoms with van der Waals surface area (Å²) in [4.78, 5) is 0. The maximum Gasteiger partial charge on any atom is 0.0825 e. The highest BCUT2D eigenvalue weighted by atomic mass is 16.5. The molecule has 0 radical (unpaired) electrons. The first kappa shape index (κ1) is 10.7. The molecule has 1 fully saturated rings. The van der Waals surface area contributed by atoms with Gasteiger partial charge in [-0.2, -0.15) is 0 Å². The van der Waals surface area contributed by atoms with Gasteiger partial charge in [-0.25, -0.2) is 0 Å². The van der Waals surface area contributed by atoms with E-state index in [-0.39, 0.29) is 6.10 Å². The zero-order valence-corrected chi connectivity index (χ0v) is 9.15. The maximum absolute atomic E-state index is 9.26. The van der Waals surface area contributed by atoms with E-state index in [2.05, 4.69) is 24.3 Å². The van der Waals surface area contributed by atoms with Crippen LogP contribution < -0.4 is 0 Å². The van der Waals surface area contributed by atoms with Crippen LogP contribution in [0.3, 0.4) is 0 Å². The van der Waals surface area contributed by atoms with E-state index in [0.29, 0.717) is 6.10 Å². The third-order valence-corrected chi connectivity index (χ3v) is 2.81. The fraction of sp³-hybridized carbons (Fsp3) is 0.538. The molecule has 2 nitrogen and oxygen atoms in total. The van der Waals surface area contributed by atoms with E-state index in [4.69, 9.17) is 4.74 Å². The van der Waals surface area contributed by atoms with Gasteiger partial charge in [0, 0.05) is 6.61 Å². The molecule has 0 aromatic heterocycles. The molecule has 1 aliphatic rings. The molecular formula is C13H18O2. The SMILES string of the molecule is CC(O)Cc1ccc(C2CCCO2)cc1. The fourth-order valence-corrected chi connectivity index (χ4v) is 2.05. The van der Waals surface area contributed by atoms with Gasteiger partial charge in [0.25, 0.3) is 0 Å². The van der Waals surface area contributed by atoms with Gasteiger partial charge in [0.05, 0.1) is 12.2 Å². The number of aliphatic hydroxyl groups excluding tert-OH is 1. The van der Waals surface area contributed by atoms with E-state index in [1.807, 2.05) is 6.92 Å². The van der Waals surface area contributed by atoms with Gasteiger partial charge in [-0.3, -0.25) is 0 Å². The summed E-state index contributed by atoms with van der Waals surface area (Å²) in [6.07, 6.45) is 3.06. The quantitative estimate of drug-likeness (QED) is 0.823. The Morgan fingerprint density at radius 2 is 2.13 bits per heavy atom. The zero-order chi connectivity index (χ0) is 10.7. The van der Waals surface area contributed by atoms with E-state index in [0.717, 1.165) is 19.4 Å². The van der Waals surface area contributed by atoms with Crippen molar-refractivity contribution >= 4 is 0 Å². The second-order valence-electron chi connectivity index (χ2n) is 4.30. The second-order valence-corrected chi connectivity index (χ2v) is 4.30. The highest BCUT2D eigenvalue weighted by Crippen LogP contribution is 2.28. The topological polar surface area (TPSA) is 29.5 Å². The Bertz CT molecular complexity index is 297. The smallest absolute Gasteiger partial charge is 0.0825 e. The first-order valence-electron chi connectivity index (χ1n) is 5.64. The van der Waals surface area contributed by atoms with E-state index in [9.17, 15) is 5.11 Å². The number of rotatable bonds is 3. The molecule has 0 saturated carbocycles. The van der Waals surface area contributed by atoms with Crippen molar-refractivity contribution < 1.29 is 9.84 Å². The molecule has 0 spiro atoms. The average molecular weight is 206 g/mol. The van der Waals surface area contributed by atoms with Crippen molar-refractivity contribution in [3.8, 4) is 0 Å². The highest BCUT2D eigenvalue weighted by Gasteiger charge is 2.17. The normalized spacial score (nSPS) is 22.9. The molecule has 2 atom stereocenters. The summed E-state index contributed by atoms with van der Waals surface area (Å²) in [6, 6.07) is 8.41. The maximum atomic E-state index is 9.26. The molecule has 1 N–H and O–H groups in total. The van der Waals surface area contributed by atoms with Gasteiger partial charge >= 0.3 is 0 Å². The summed E-state index contributed by atoms with van der Waals surface area (Å²) in [5.74, 6) is 0. The molecule has 0 aliphatic carbocycles. The highest BCUT2D eigenvalue weighted by molar-refractivity contribution is 5.25. The van der Waals surface area contributed by atoms with Crippen molar-refractivity contribution in [1.82, 2.24) is 0 Å². The van der Waals surface area contributed by atoms with Crippen LogP contribution >= 0.6 is 0 Å². The Kier molecular flexibility index (Phi) is 3.39. The van der Waals surface area contributed by atoms with Gasteiger partial charge in [-0.1, -0.05) is 24.3 Å². The lowest BCUT2D eigenvalue weighted by atomic mass is 10.0. The Hall–Kier alpha value is -0.860. The van der Waals surface area contributed by atoms with Crippen LogP contribution in [0.1, 0.15) is 37.0 Å². The van der Waals surface area contributed by atoms with Gasteiger partial charge in [0.15, 0.2) is 0 Å². The van der Waals surface area contributed by atoms with Gasteiger partial charge in [0.2, 0.25) is 0 Å². The lowest BCUT2D eigenvalue weighted by Crippen LogP contribution is -2.04. The molecule has 2 heteroatoms. The molecule has 2 unspecified atom stereocenters. The van der Waals surface area contributed by atoms with Crippen molar-refractivity contribution in [1.29, 1.82) is 0 Å². The van der Waals surface area contributed by atoms with E-state index >= 15 is 0 Å². The standard InChI is InChI=1S/C13H18O2/c1-10(14)9-11-4-6-12(7-5-11)13-3-2-8-15-13/h4-7,10,13-14H,2-3,8-9H2,1H3. The summed E-state index contributed by atoms with van der Waals surface area (Å²) in [5, 5.41) is 9.26. The molecule has 0 amide bonds. The van der Waals surface area contributed by atoms with Gasteiger partial charge in [-0.05, 0) is 37.3 Å². The largest absolute Gasteiger partial charge is 0.393 e. The lowest BCUT2D eigenvalue weighted by molar-refractivity contribution is 0.112. The minimum Gasteiger partial charge on any atom is -0.393 e. The van der Waals surface area contributed by atoms with Crippen LogP contribution in [0.5, 0.6) is 0 Å². The van der Waals surface area contributed by atoms with Crippen LogP contribution in [0.2, 0.25) is 0 Å². The summed E-state index contributed by atoms with van der Waals surface area (Å²) in [5.41, 5.74) is 2.45. The molecule has 15 heavy (non-hydrogen) atoms. The second kappa shape index (κ2) is 4.77. The van der Waals surface area contributed by atoms with Gasteiger partial charge in [-0.15, -0.1) is 0 Å². The number of hydrogen-bond donors (Lipinski definition) is 1. The number of aliphatic hydroxyl groups is 1. The Morgan fingerprint density at radius 1 is 1.40 bits per heavy atom. The van der Waals surface area contributed by atoms with Crippen LogP contribution in [0.4, 0.5) is 0 Å². The Labute approximate surface area is 90.9 Å². The van der Waals surface area contributed by atoms with Crippen molar-refractivity contribution in [2.45, 2.75) is 38.4 Å². The molecule has 2 rings (SSSR count). The number of hydrogen-bond acceptors (Lipinski definition) is 2. The summed E-state index contributed by atoms with van der Waals surface area (Å²) in [6.45, 7) is 2.70. The predicted molar refractivity (Wildman–Crippen MR) is 59.8 cm³/mol. The minimum atomic E-state index is -0.265. The monoisotopic (exact) mass is 206 g/mol. The third-order valence-electron chi connectivity index (χ3n) is 2.81. The van der Waals surface area contributed by atoms with Crippen molar-refractivity contribution in [2.75, 3.05) is 6.61 Å².